The van der Waals surface area contributed by atoms with Crippen molar-refractivity contribution < 1.29 is 22.8 Å². The van der Waals surface area contributed by atoms with E-state index in [0.717, 1.165) is 24.5 Å². The van der Waals surface area contributed by atoms with E-state index < -0.39 is 11.8 Å². The highest BCUT2D eigenvalue weighted by atomic mass is 35.5. The minimum atomic E-state index is -4.76. The number of benzene rings is 2. The number of rotatable bonds is 5. The minimum Gasteiger partial charge on any atom is -0.352 e. The molecular weight excluding hydrogens is 440 g/mol. The Bertz CT molecular complexity index is 984. The Balaban J connectivity index is 1.59. The van der Waals surface area contributed by atoms with Crippen LogP contribution in [0.4, 0.5) is 13.2 Å². The number of hydrogen-bond acceptors (Lipinski definition) is 3. The van der Waals surface area contributed by atoms with Crippen LogP contribution in [0.3, 0.4) is 0 Å². The van der Waals surface area contributed by atoms with Crippen molar-refractivity contribution in [2.45, 2.75) is 31.2 Å². The maximum absolute atomic E-state index is 14.0. The average Bonchev–Trinajstić information content (AvgIpc) is 3.43. The number of hydrogen-bond donors (Lipinski definition) is 2. The molecule has 1 aliphatic carbocycles. The molecule has 1 unspecified atom stereocenters. The monoisotopic (exact) mass is 456 g/mol. The smallest absolute Gasteiger partial charge is 0.352 e. The van der Waals surface area contributed by atoms with Crippen LogP contribution in [-0.4, -0.2) is 12.1 Å². The Hall–Kier alpha value is -2.22. The number of carbonyl (C=O) groups is 1. The van der Waals surface area contributed by atoms with Crippen molar-refractivity contribution in [2.75, 3.05) is 0 Å². The summed E-state index contributed by atoms with van der Waals surface area (Å²) in [6, 6.07) is 10.5. The highest BCUT2D eigenvalue weighted by Gasteiger charge is 2.59. The van der Waals surface area contributed by atoms with Gasteiger partial charge in [-0.25, -0.2) is 0 Å². The van der Waals surface area contributed by atoms with Crippen molar-refractivity contribution in [2.24, 2.45) is 5.92 Å². The lowest BCUT2D eigenvalue weighted by atomic mass is 9.91. The summed E-state index contributed by atoms with van der Waals surface area (Å²) in [6.45, 7) is 0.367. The normalized spacial score (nSPS) is 21.2. The molecule has 1 amide bonds. The molecule has 1 aliphatic heterocycles. The van der Waals surface area contributed by atoms with Gasteiger partial charge in [0.1, 0.15) is 0 Å². The van der Waals surface area contributed by atoms with Gasteiger partial charge >= 0.3 is 6.18 Å². The van der Waals surface area contributed by atoms with Crippen LogP contribution >= 0.6 is 23.2 Å². The Kier molecular flexibility index (Phi) is 5.46. The number of hydroxylamine groups is 1. The summed E-state index contributed by atoms with van der Waals surface area (Å²) >= 11 is 11.8. The highest BCUT2D eigenvalue weighted by Crippen LogP contribution is 2.48. The summed E-state index contributed by atoms with van der Waals surface area (Å²) in [5.74, 6) is 0.146. The second-order valence-electron chi connectivity index (χ2n) is 7.34. The minimum absolute atomic E-state index is 0.0304. The largest absolute Gasteiger partial charge is 0.428 e. The molecule has 2 aliphatic rings. The summed E-state index contributed by atoms with van der Waals surface area (Å²) in [5.41, 5.74) is 0.943. The van der Waals surface area contributed by atoms with Crippen molar-refractivity contribution in [1.29, 1.82) is 0 Å². The van der Waals surface area contributed by atoms with E-state index in [9.17, 15) is 18.0 Å². The quantitative estimate of drug-likeness (QED) is 0.637. The molecule has 0 bridgehead atoms. The molecule has 1 fully saturated rings. The van der Waals surface area contributed by atoms with Crippen LogP contribution in [0.1, 0.15) is 29.5 Å². The molecule has 0 radical (unpaired) electrons. The Labute approximate surface area is 181 Å². The zero-order chi connectivity index (χ0) is 21.5. The van der Waals surface area contributed by atoms with Crippen LogP contribution in [-0.2, 0) is 21.8 Å². The molecule has 0 saturated heterocycles. The Morgan fingerprint density at radius 2 is 1.77 bits per heavy atom. The second kappa shape index (κ2) is 7.80. The van der Waals surface area contributed by atoms with Crippen molar-refractivity contribution in [3.8, 4) is 0 Å². The maximum atomic E-state index is 14.0. The zero-order valence-electron chi connectivity index (χ0n) is 15.5. The third kappa shape index (κ3) is 4.15. The molecule has 2 aromatic carbocycles. The Morgan fingerprint density at radius 1 is 1.13 bits per heavy atom. The SMILES string of the molecule is O=C(NCc1ccc(C2=CC(c3cc(Cl)cc(Cl)c3)(C(F)(F)F)ON2)cc1)C1CC1. The van der Waals surface area contributed by atoms with Crippen LogP contribution in [0.25, 0.3) is 5.70 Å². The van der Waals surface area contributed by atoms with E-state index in [1.54, 1.807) is 24.3 Å². The molecule has 1 heterocycles. The lowest BCUT2D eigenvalue weighted by Gasteiger charge is -2.28. The van der Waals surface area contributed by atoms with Crippen molar-refractivity contribution in [3.05, 3.63) is 75.3 Å². The third-order valence-corrected chi connectivity index (χ3v) is 5.50. The van der Waals surface area contributed by atoms with E-state index in [4.69, 9.17) is 28.0 Å². The molecule has 0 aromatic heterocycles. The van der Waals surface area contributed by atoms with Crippen LogP contribution in [0.15, 0.2) is 48.5 Å². The van der Waals surface area contributed by atoms with Gasteiger partial charge in [0.05, 0.1) is 5.70 Å². The molecule has 1 atom stereocenters. The summed E-state index contributed by atoms with van der Waals surface area (Å²) in [7, 11) is 0. The van der Waals surface area contributed by atoms with Crippen molar-refractivity contribution >= 4 is 34.8 Å². The van der Waals surface area contributed by atoms with E-state index in [1.807, 2.05) is 0 Å². The topological polar surface area (TPSA) is 50.4 Å². The average molecular weight is 457 g/mol. The van der Waals surface area contributed by atoms with E-state index >= 15 is 0 Å². The molecule has 2 N–H and O–H groups in total. The van der Waals surface area contributed by atoms with Gasteiger partial charge < -0.3 is 5.32 Å². The summed E-state index contributed by atoms with van der Waals surface area (Å²) < 4.78 is 42.1. The van der Waals surface area contributed by atoms with Gasteiger partial charge in [-0.15, -0.1) is 0 Å². The number of carbonyl (C=O) groups excluding carboxylic acids is 1. The van der Waals surface area contributed by atoms with Gasteiger partial charge in [-0.2, -0.15) is 13.2 Å². The summed E-state index contributed by atoms with van der Waals surface area (Å²) in [4.78, 5) is 16.8. The van der Waals surface area contributed by atoms with E-state index in [0.29, 0.717) is 12.1 Å². The van der Waals surface area contributed by atoms with E-state index in [-0.39, 0.29) is 33.1 Å². The molecule has 2 aromatic rings. The van der Waals surface area contributed by atoms with E-state index in [2.05, 4.69) is 10.8 Å². The fourth-order valence-corrected chi connectivity index (χ4v) is 3.76. The third-order valence-electron chi connectivity index (χ3n) is 5.06. The summed E-state index contributed by atoms with van der Waals surface area (Å²) in [5, 5.41) is 2.99. The molecular formula is C21H17Cl2F3N2O2. The first-order chi connectivity index (χ1) is 14.2. The Morgan fingerprint density at radius 3 is 2.33 bits per heavy atom. The number of halogens is 5. The van der Waals surface area contributed by atoms with Crippen LogP contribution in [0, 0.1) is 5.92 Å². The molecule has 30 heavy (non-hydrogen) atoms. The summed E-state index contributed by atoms with van der Waals surface area (Å²) in [6.07, 6.45) is -1.95. The fraction of sp³-hybridized carbons (Fsp3) is 0.286. The van der Waals surface area contributed by atoms with E-state index in [1.165, 1.54) is 18.2 Å². The van der Waals surface area contributed by atoms with Crippen molar-refractivity contribution in [1.82, 2.24) is 10.8 Å². The van der Waals surface area contributed by atoms with Gasteiger partial charge in [0, 0.05) is 28.1 Å². The number of nitrogens with one attached hydrogen (secondary N) is 2. The van der Waals surface area contributed by atoms with Crippen LogP contribution < -0.4 is 10.8 Å². The first kappa shape index (κ1) is 21.0. The first-order valence-electron chi connectivity index (χ1n) is 9.25. The van der Waals surface area contributed by atoms with Gasteiger partial charge in [0.15, 0.2) is 0 Å². The first-order valence-corrected chi connectivity index (χ1v) is 10.0. The predicted molar refractivity (Wildman–Crippen MR) is 107 cm³/mol. The van der Waals surface area contributed by atoms with Gasteiger partial charge in [-0.05, 0) is 48.2 Å². The molecule has 4 rings (SSSR count). The predicted octanol–water partition coefficient (Wildman–Crippen LogP) is 5.35. The highest BCUT2D eigenvalue weighted by molar-refractivity contribution is 6.34. The second-order valence-corrected chi connectivity index (χ2v) is 8.22. The van der Waals surface area contributed by atoms with Crippen LogP contribution in [0.5, 0.6) is 0 Å². The molecule has 9 heteroatoms. The standard InChI is InChI=1S/C21H17Cl2F3N2O2/c22-16-7-15(8-17(23)9-16)20(21(24,25)26)10-18(28-30-20)13-3-1-12(2-4-13)11-27-19(29)14-5-6-14/h1-4,7-10,14,28H,5-6,11H2,(H,27,29). The zero-order valence-corrected chi connectivity index (χ0v) is 17.0. The van der Waals surface area contributed by atoms with Gasteiger partial charge in [-0.1, -0.05) is 47.5 Å². The fourth-order valence-electron chi connectivity index (χ4n) is 3.23. The number of amides is 1. The molecule has 0 spiro atoms. The van der Waals surface area contributed by atoms with Crippen LogP contribution in [0.2, 0.25) is 10.0 Å². The van der Waals surface area contributed by atoms with Crippen molar-refractivity contribution in [3.63, 3.8) is 0 Å². The molecule has 4 nitrogen and oxygen atoms in total. The lowest BCUT2D eigenvalue weighted by Crippen LogP contribution is -2.42. The van der Waals surface area contributed by atoms with Gasteiger partial charge in [-0.3, -0.25) is 15.1 Å². The molecule has 158 valence electrons. The molecule has 1 saturated carbocycles. The lowest BCUT2D eigenvalue weighted by molar-refractivity contribution is -0.269. The maximum Gasteiger partial charge on any atom is 0.428 e. The van der Waals surface area contributed by atoms with Gasteiger partial charge in [0.25, 0.3) is 0 Å². The van der Waals surface area contributed by atoms with Gasteiger partial charge in [0.2, 0.25) is 11.5 Å². The number of alkyl halides is 3.